The summed E-state index contributed by atoms with van der Waals surface area (Å²) in [6, 6.07) is 24.5. The van der Waals surface area contributed by atoms with Gasteiger partial charge in [0.15, 0.2) is 0 Å². The lowest BCUT2D eigenvalue weighted by molar-refractivity contribution is 0.0729. The van der Waals surface area contributed by atoms with Crippen molar-refractivity contribution in [2.24, 2.45) is 0 Å². The topological polar surface area (TPSA) is 56.1 Å². The Morgan fingerprint density at radius 2 is 1.70 bits per heavy atom. The number of benzene rings is 3. The lowest BCUT2D eigenvalue weighted by Gasteiger charge is -2.28. The number of nitrogens with one attached hydrogen (secondary N) is 1. The van der Waals surface area contributed by atoms with Crippen LogP contribution in [-0.2, 0) is 6.54 Å². The maximum absolute atomic E-state index is 13.0. The van der Waals surface area contributed by atoms with E-state index in [9.17, 15) is 10.1 Å². The standard InChI is InChI=1S/C22H16ClN3O/c23-19-11-5-1-8-16(19)14-26-21(17-9-3-4-10-18(17)22(26)27)25-20-12-6-2-7-15(20)13-24/h1-12,21,25H,14H2/t21-/m0/s1. The Morgan fingerprint density at radius 1 is 1.00 bits per heavy atom. The zero-order valence-electron chi connectivity index (χ0n) is 14.4. The van der Waals surface area contributed by atoms with Gasteiger partial charge in [-0.15, -0.1) is 0 Å². The molecule has 3 aromatic rings. The van der Waals surface area contributed by atoms with Crippen molar-refractivity contribution in [1.82, 2.24) is 4.90 Å². The Morgan fingerprint density at radius 3 is 2.52 bits per heavy atom. The number of hydrogen-bond donors (Lipinski definition) is 1. The van der Waals surface area contributed by atoms with Crippen molar-refractivity contribution in [1.29, 1.82) is 5.26 Å². The van der Waals surface area contributed by atoms with Gasteiger partial charge < -0.3 is 10.2 Å². The molecule has 0 radical (unpaired) electrons. The molecular weight excluding hydrogens is 358 g/mol. The van der Waals surface area contributed by atoms with Crippen molar-refractivity contribution in [3.8, 4) is 6.07 Å². The van der Waals surface area contributed by atoms with Gasteiger partial charge in [-0.2, -0.15) is 5.26 Å². The van der Waals surface area contributed by atoms with E-state index in [2.05, 4.69) is 11.4 Å². The van der Waals surface area contributed by atoms with Crippen LogP contribution in [0.4, 0.5) is 5.69 Å². The minimum atomic E-state index is -0.375. The second-order valence-corrected chi connectivity index (χ2v) is 6.72. The SMILES string of the molecule is N#Cc1ccccc1N[C@@H]1c2ccccc2C(=O)N1Cc1ccccc1Cl. The molecule has 0 unspecified atom stereocenters. The summed E-state index contributed by atoms with van der Waals surface area (Å²) >= 11 is 6.32. The molecule has 1 aliphatic heterocycles. The first-order valence-corrected chi connectivity index (χ1v) is 8.96. The molecule has 0 fully saturated rings. The van der Waals surface area contributed by atoms with Crippen molar-refractivity contribution < 1.29 is 4.79 Å². The van der Waals surface area contributed by atoms with Crippen LogP contribution in [0, 0.1) is 11.3 Å². The summed E-state index contributed by atoms with van der Waals surface area (Å²) in [7, 11) is 0. The highest BCUT2D eigenvalue weighted by Gasteiger charge is 2.36. The summed E-state index contributed by atoms with van der Waals surface area (Å²) in [5, 5.41) is 13.4. The molecule has 0 saturated carbocycles. The highest BCUT2D eigenvalue weighted by Crippen LogP contribution is 2.36. The first-order chi connectivity index (χ1) is 13.2. The molecule has 1 heterocycles. The fourth-order valence-corrected chi connectivity index (χ4v) is 3.55. The third-order valence-electron chi connectivity index (χ3n) is 4.70. The van der Waals surface area contributed by atoms with E-state index in [1.54, 1.807) is 11.0 Å². The Labute approximate surface area is 162 Å². The van der Waals surface area contributed by atoms with Crippen LogP contribution in [0.3, 0.4) is 0 Å². The predicted molar refractivity (Wildman–Crippen MR) is 105 cm³/mol. The van der Waals surface area contributed by atoms with Gasteiger partial charge >= 0.3 is 0 Å². The van der Waals surface area contributed by atoms with E-state index in [1.807, 2.05) is 66.7 Å². The van der Waals surface area contributed by atoms with E-state index in [1.165, 1.54) is 0 Å². The third-order valence-corrected chi connectivity index (χ3v) is 5.07. The van der Waals surface area contributed by atoms with E-state index < -0.39 is 0 Å². The molecule has 0 spiro atoms. The fraction of sp³-hybridized carbons (Fsp3) is 0.0909. The summed E-state index contributed by atoms with van der Waals surface area (Å²) in [5.74, 6) is -0.0579. The quantitative estimate of drug-likeness (QED) is 0.701. The molecule has 0 bridgehead atoms. The van der Waals surface area contributed by atoms with Gasteiger partial charge in [-0.3, -0.25) is 4.79 Å². The first-order valence-electron chi connectivity index (χ1n) is 8.58. The van der Waals surface area contributed by atoms with Gasteiger partial charge in [-0.25, -0.2) is 0 Å². The minimum Gasteiger partial charge on any atom is -0.360 e. The predicted octanol–water partition coefficient (Wildman–Crippen LogP) is 4.98. The number of nitrogens with zero attached hydrogens (tertiary/aromatic N) is 2. The summed E-state index contributed by atoms with van der Waals surface area (Å²) in [4.78, 5) is 14.8. The molecule has 1 aliphatic rings. The summed E-state index contributed by atoms with van der Waals surface area (Å²) in [6.45, 7) is 0.375. The van der Waals surface area contributed by atoms with E-state index in [0.29, 0.717) is 28.4 Å². The molecule has 0 saturated heterocycles. The molecule has 4 rings (SSSR count). The Hall–Kier alpha value is -3.29. The molecule has 1 atom stereocenters. The monoisotopic (exact) mass is 373 g/mol. The van der Waals surface area contributed by atoms with Crippen LogP contribution in [-0.4, -0.2) is 10.8 Å². The van der Waals surface area contributed by atoms with Crippen LogP contribution in [0.5, 0.6) is 0 Å². The number of carbonyl (C=O) groups excluding carboxylic acids is 1. The molecule has 0 aliphatic carbocycles. The summed E-state index contributed by atoms with van der Waals surface area (Å²) in [5.41, 5.74) is 3.66. The van der Waals surface area contributed by atoms with Crippen LogP contribution < -0.4 is 5.32 Å². The van der Waals surface area contributed by atoms with Gasteiger partial charge in [-0.05, 0) is 29.8 Å². The molecule has 3 aromatic carbocycles. The maximum atomic E-state index is 13.0. The van der Waals surface area contributed by atoms with Gasteiger partial charge in [0.05, 0.1) is 11.3 Å². The number of fused-ring (bicyclic) bond motifs is 1. The Kier molecular flexibility index (Phi) is 4.53. The maximum Gasteiger partial charge on any atom is 0.256 e. The molecule has 5 heteroatoms. The molecule has 4 nitrogen and oxygen atoms in total. The Balaban J connectivity index is 1.74. The fourth-order valence-electron chi connectivity index (χ4n) is 3.35. The van der Waals surface area contributed by atoms with Crippen LogP contribution in [0.15, 0.2) is 72.8 Å². The molecule has 1 amide bonds. The van der Waals surface area contributed by atoms with Crippen LogP contribution >= 0.6 is 11.6 Å². The first kappa shape index (κ1) is 17.1. The zero-order chi connectivity index (χ0) is 18.8. The molecular formula is C22H16ClN3O. The van der Waals surface area contributed by atoms with E-state index in [0.717, 1.165) is 11.1 Å². The number of halogens is 1. The summed E-state index contributed by atoms with van der Waals surface area (Å²) in [6.07, 6.45) is -0.375. The van der Waals surface area contributed by atoms with Gasteiger partial charge in [0, 0.05) is 22.7 Å². The van der Waals surface area contributed by atoms with Crippen LogP contribution in [0.1, 0.15) is 33.2 Å². The lowest BCUT2D eigenvalue weighted by Crippen LogP contribution is -2.32. The average molecular weight is 374 g/mol. The largest absolute Gasteiger partial charge is 0.360 e. The van der Waals surface area contributed by atoms with Crippen LogP contribution in [0.25, 0.3) is 0 Å². The van der Waals surface area contributed by atoms with E-state index in [-0.39, 0.29) is 12.1 Å². The molecule has 0 aromatic heterocycles. The number of rotatable bonds is 4. The highest BCUT2D eigenvalue weighted by molar-refractivity contribution is 6.31. The number of carbonyl (C=O) groups is 1. The number of anilines is 1. The number of para-hydroxylation sites is 1. The molecule has 132 valence electrons. The van der Waals surface area contributed by atoms with Crippen molar-refractivity contribution in [3.63, 3.8) is 0 Å². The second-order valence-electron chi connectivity index (χ2n) is 6.32. The molecule has 1 N–H and O–H groups in total. The van der Waals surface area contributed by atoms with Crippen molar-refractivity contribution in [2.45, 2.75) is 12.7 Å². The summed E-state index contributed by atoms with van der Waals surface area (Å²) < 4.78 is 0. The second kappa shape index (κ2) is 7.14. The van der Waals surface area contributed by atoms with Crippen molar-refractivity contribution in [3.05, 3.63) is 100 Å². The number of hydrogen-bond acceptors (Lipinski definition) is 3. The van der Waals surface area contributed by atoms with Crippen molar-refractivity contribution >= 4 is 23.2 Å². The average Bonchev–Trinajstić information content (AvgIpc) is 2.96. The van der Waals surface area contributed by atoms with Gasteiger partial charge in [-0.1, -0.05) is 60.1 Å². The van der Waals surface area contributed by atoms with E-state index >= 15 is 0 Å². The highest BCUT2D eigenvalue weighted by atomic mass is 35.5. The minimum absolute atomic E-state index is 0.0579. The van der Waals surface area contributed by atoms with Crippen molar-refractivity contribution in [2.75, 3.05) is 5.32 Å². The van der Waals surface area contributed by atoms with Crippen LogP contribution in [0.2, 0.25) is 5.02 Å². The van der Waals surface area contributed by atoms with E-state index in [4.69, 9.17) is 11.6 Å². The van der Waals surface area contributed by atoms with Gasteiger partial charge in [0.1, 0.15) is 12.2 Å². The number of nitriles is 1. The number of amides is 1. The Bertz CT molecular complexity index is 1060. The van der Waals surface area contributed by atoms with Gasteiger partial charge in [0.25, 0.3) is 5.91 Å². The zero-order valence-corrected chi connectivity index (χ0v) is 15.1. The molecule has 27 heavy (non-hydrogen) atoms. The smallest absolute Gasteiger partial charge is 0.256 e. The third kappa shape index (κ3) is 3.14. The lowest BCUT2D eigenvalue weighted by atomic mass is 10.1. The normalized spacial score (nSPS) is 15.3. The van der Waals surface area contributed by atoms with Gasteiger partial charge in [0.2, 0.25) is 0 Å².